The van der Waals surface area contributed by atoms with E-state index in [0.29, 0.717) is 6.54 Å². The van der Waals surface area contributed by atoms with Gasteiger partial charge in [0.15, 0.2) is 0 Å². The van der Waals surface area contributed by atoms with Gasteiger partial charge in [0.25, 0.3) is 11.2 Å². The van der Waals surface area contributed by atoms with E-state index >= 15 is 0 Å². The minimum atomic E-state index is -0.604. The second-order valence-corrected chi connectivity index (χ2v) is 5.76. The topological polar surface area (TPSA) is 94.2 Å². The van der Waals surface area contributed by atoms with Gasteiger partial charge >= 0.3 is 0 Å². The van der Waals surface area contributed by atoms with E-state index < -0.39 is 10.5 Å². The number of nitrogens with zero attached hydrogens (tertiary/aromatic N) is 2. The second kappa shape index (κ2) is 7.08. The Morgan fingerprint density at radius 2 is 1.83 bits per heavy atom. The van der Waals surface area contributed by atoms with E-state index in [1.165, 1.54) is 0 Å². The van der Waals surface area contributed by atoms with Crippen molar-refractivity contribution in [3.05, 3.63) is 73.2 Å². The summed E-state index contributed by atoms with van der Waals surface area (Å²) in [6, 6.07) is 6.29. The van der Waals surface area contributed by atoms with Gasteiger partial charge in [0.05, 0.1) is 11.1 Å². The average molecular weight is 329 g/mol. The molecule has 1 aromatic heterocycles. The number of aromatic nitrogens is 1. The number of hydrogen-bond acceptors (Lipinski definition) is 4. The zero-order valence-corrected chi connectivity index (χ0v) is 13.8. The average Bonchev–Trinajstić information content (AvgIpc) is 2.48. The third-order valence-electron chi connectivity index (χ3n) is 3.80. The lowest BCUT2D eigenvalue weighted by atomic mass is 10.00. The van der Waals surface area contributed by atoms with Gasteiger partial charge in [0.2, 0.25) is 5.91 Å². The van der Waals surface area contributed by atoms with E-state index in [1.54, 1.807) is 0 Å². The van der Waals surface area contributed by atoms with Crippen molar-refractivity contribution in [1.29, 1.82) is 0 Å². The quantitative estimate of drug-likeness (QED) is 0.670. The van der Waals surface area contributed by atoms with Crippen molar-refractivity contribution >= 4 is 11.6 Å². The molecule has 0 aliphatic rings. The number of rotatable bonds is 5. The molecule has 24 heavy (non-hydrogen) atoms. The van der Waals surface area contributed by atoms with Crippen LogP contribution in [-0.4, -0.2) is 15.4 Å². The lowest BCUT2D eigenvalue weighted by Crippen LogP contribution is -2.32. The predicted octanol–water partition coefficient (Wildman–Crippen LogP) is 2.00. The van der Waals surface area contributed by atoms with Crippen LogP contribution in [0.1, 0.15) is 22.3 Å². The number of carbonyl (C=O) groups excluding carboxylic acids is 1. The van der Waals surface area contributed by atoms with Gasteiger partial charge in [-0.3, -0.25) is 24.3 Å². The normalized spacial score (nSPS) is 10.5. The minimum absolute atomic E-state index is 0.229. The van der Waals surface area contributed by atoms with Gasteiger partial charge < -0.3 is 5.32 Å². The molecule has 0 unspecified atom stereocenters. The number of pyridine rings is 1. The van der Waals surface area contributed by atoms with Gasteiger partial charge in [0, 0.05) is 18.7 Å². The maximum absolute atomic E-state index is 12.1. The van der Waals surface area contributed by atoms with E-state index in [0.717, 1.165) is 45.2 Å². The number of benzene rings is 1. The predicted molar refractivity (Wildman–Crippen MR) is 89.9 cm³/mol. The van der Waals surface area contributed by atoms with E-state index in [4.69, 9.17) is 0 Å². The Bertz CT molecular complexity index is 832. The highest BCUT2D eigenvalue weighted by molar-refractivity contribution is 5.75. The van der Waals surface area contributed by atoms with Crippen LogP contribution in [0.15, 0.2) is 35.3 Å². The number of nitro groups is 1. The molecule has 0 fully saturated rings. The van der Waals surface area contributed by atoms with Crippen LogP contribution in [0, 0.1) is 30.9 Å². The largest absolute Gasteiger partial charge is 0.350 e. The summed E-state index contributed by atoms with van der Waals surface area (Å²) >= 11 is 0. The lowest BCUT2D eigenvalue weighted by molar-refractivity contribution is -0.385. The standard InChI is InChI=1S/C17H19N3O4/c1-11-6-12(2)15(13(3)7-11)8-18-16(21)10-19-9-14(20(23)24)4-5-17(19)22/h4-7,9H,8,10H2,1-3H3,(H,18,21). The molecule has 2 aromatic rings. The van der Waals surface area contributed by atoms with Crippen LogP contribution in [0.25, 0.3) is 0 Å². The van der Waals surface area contributed by atoms with Gasteiger partial charge in [-0.05, 0) is 37.5 Å². The number of amides is 1. The maximum Gasteiger partial charge on any atom is 0.285 e. The third-order valence-corrected chi connectivity index (χ3v) is 3.80. The Kier molecular flexibility index (Phi) is 5.13. The highest BCUT2D eigenvalue weighted by Gasteiger charge is 2.11. The zero-order valence-electron chi connectivity index (χ0n) is 13.8. The van der Waals surface area contributed by atoms with Crippen molar-refractivity contribution in [3.8, 4) is 0 Å². The molecule has 0 saturated carbocycles. The van der Waals surface area contributed by atoms with Gasteiger partial charge in [0.1, 0.15) is 6.54 Å². The molecule has 0 radical (unpaired) electrons. The summed E-state index contributed by atoms with van der Waals surface area (Å²) in [5.41, 5.74) is 3.66. The molecule has 1 amide bonds. The number of hydrogen-bond donors (Lipinski definition) is 1. The molecule has 0 saturated heterocycles. The molecule has 1 aromatic carbocycles. The highest BCUT2D eigenvalue weighted by Crippen LogP contribution is 2.16. The third kappa shape index (κ3) is 4.07. The van der Waals surface area contributed by atoms with Gasteiger partial charge in [-0.2, -0.15) is 0 Å². The van der Waals surface area contributed by atoms with Gasteiger partial charge in [-0.1, -0.05) is 17.7 Å². The Hall–Kier alpha value is -2.96. The molecule has 0 spiro atoms. The van der Waals surface area contributed by atoms with Gasteiger partial charge in [-0.15, -0.1) is 0 Å². The summed E-state index contributed by atoms with van der Waals surface area (Å²) in [6.45, 7) is 6.06. The van der Waals surface area contributed by atoms with Crippen LogP contribution in [0.2, 0.25) is 0 Å². The summed E-state index contributed by atoms with van der Waals surface area (Å²) in [4.78, 5) is 33.9. The first-order valence-electron chi connectivity index (χ1n) is 7.46. The Labute approximate surface area is 139 Å². The number of nitrogens with one attached hydrogen (secondary N) is 1. The van der Waals surface area contributed by atoms with Crippen LogP contribution in [-0.2, 0) is 17.9 Å². The maximum atomic E-state index is 12.1. The first-order chi connectivity index (χ1) is 11.3. The van der Waals surface area contributed by atoms with Gasteiger partial charge in [-0.25, -0.2) is 0 Å². The first-order valence-corrected chi connectivity index (χ1v) is 7.46. The smallest absolute Gasteiger partial charge is 0.285 e. The first kappa shape index (κ1) is 17.4. The molecular formula is C17H19N3O4. The molecule has 1 heterocycles. The second-order valence-electron chi connectivity index (χ2n) is 5.76. The highest BCUT2D eigenvalue weighted by atomic mass is 16.6. The number of aryl methyl sites for hydroxylation is 3. The van der Waals surface area contributed by atoms with Crippen LogP contribution < -0.4 is 10.9 Å². The van der Waals surface area contributed by atoms with Crippen molar-refractivity contribution in [2.75, 3.05) is 0 Å². The molecule has 0 atom stereocenters. The Balaban J connectivity index is 2.08. The van der Waals surface area contributed by atoms with Crippen molar-refractivity contribution in [3.63, 3.8) is 0 Å². The van der Waals surface area contributed by atoms with Crippen molar-refractivity contribution in [2.24, 2.45) is 0 Å². The van der Waals surface area contributed by atoms with Crippen molar-refractivity contribution in [2.45, 2.75) is 33.9 Å². The Morgan fingerprint density at radius 3 is 2.42 bits per heavy atom. The van der Waals surface area contributed by atoms with Crippen LogP contribution in [0.3, 0.4) is 0 Å². The van der Waals surface area contributed by atoms with Crippen molar-refractivity contribution in [1.82, 2.24) is 9.88 Å². The lowest BCUT2D eigenvalue weighted by Gasteiger charge is -2.13. The van der Waals surface area contributed by atoms with E-state index in [-0.39, 0.29) is 18.1 Å². The molecule has 0 bridgehead atoms. The number of carbonyl (C=O) groups is 1. The van der Waals surface area contributed by atoms with E-state index in [9.17, 15) is 19.7 Å². The monoisotopic (exact) mass is 329 g/mol. The molecule has 7 heteroatoms. The summed E-state index contributed by atoms with van der Waals surface area (Å²) < 4.78 is 1.03. The summed E-state index contributed by atoms with van der Waals surface area (Å²) in [6.07, 6.45) is 1.07. The molecule has 7 nitrogen and oxygen atoms in total. The van der Waals surface area contributed by atoms with Crippen LogP contribution in [0.4, 0.5) is 5.69 Å². The van der Waals surface area contributed by atoms with E-state index in [2.05, 4.69) is 5.32 Å². The molecule has 0 aliphatic heterocycles. The fourth-order valence-electron chi connectivity index (χ4n) is 2.64. The fourth-order valence-corrected chi connectivity index (χ4v) is 2.64. The SMILES string of the molecule is Cc1cc(C)c(CNC(=O)Cn2cc([N+](=O)[O-])ccc2=O)c(C)c1. The van der Waals surface area contributed by atoms with Crippen molar-refractivity contribution < 1.29 is 9.72 Å². The molecule has 0 aliphatic carbocycles. The minimum Gasteiger partial charge on any atom is -0.350 e. The summed E-state index contributed by atoms with van der Waals surface area (Å²) in [7, 11) is 0. The van der Waals surface area contributed by atoms with Crippen LogP contribution in [0.5, 0.6) is 0 Å². The Morgan fingerprint density at radius 1 is 1.21 bits per heavy atom. The summed E-state index contributed by atoms with van der Waals surface area (Å²) in [5, 5.41) is 13.5. The fraction of sp³-hybridized carbons (Fsp3) is 0.294. The molecular weight excluding hydrogens is 310 g/mol. The van der Waals surface area contributed by atoms with Crippen LogP contribution >= 0.6 is 0 Å². The molecule has 1 N–H and O–H groups in total. The van der Waals surface area contributed by atoms with E-state index in [1.807, 2.05) is 32.9 Å². The molecule has 126 valence electrons. The molecule has 2 rings (SSSR count). The summed E-state index contributed by atoms with van der Waals surface area (Å²) in [5.74, 6) is -0.378. The zero-order chi connectivity index (χ0) is 17.9.